The second-order valence-corrected chi connectivity index (χ2v) is 5.04. The number of ether oxygens (including phenoxy) is 1. The number of methoxy groups -OCH3 is 1. The molecule has 0 unspecified atom stereocenters. The summed E-state index contributed by atoms with van der Waals surface area (Å²) in [4.78, 5) is 18.1. The minimum atomic E-state index is -0.468. The van der Waals surface area contributed by atoms with Crippen molar-refractivity contribution in [3.63, 3.8) is 0 Å². The smallest absolute Gasteiger partial charge is 0.356 e. The zero-order chi connectivity index (χ0) is 14.8. The molecule has 6 nitrogen and oxygen atoms in total. The van der Waals surface area contributed by atoms with Gasteiger partial charge in [0.1, 0.15) is 5.76 Å². The molecule has 2 aromatic rings. The molecule has 0 atom stereocenters. The molecule has 1 saturated carbocycles. The van der Waals surface area contributed by atoms with Gasteiger partial charge in [0.05, 0.1) is 25.6 Å². The van der Waals surface area contributed by atoms with Gasteiger partial charge in [-0.05, 0) is 37.1 Å². The fraction of sp³-hybridized carbons (Fsp3) is 0.333. The van der Waals surface area contributed by atoms with Gasteiger partial charge in [-0.1, -0.05) is 0 Å². The molecule has 2 aromatic heterocycles. The number of anilines is 2. The first-order valence-corrected chi connectivity index (χ1v) is 6.83. The third-order valence-corrected chi connectivity index (χ3v) is 3.47. The molecule has 3 rings (SSSR count). The highest BCUT2D eigenvalue weighted by Crippen LogP contribution is 2.35. The molecule has 2 N–H and O–H groups in total. The van der Waals surface area contributed by atoms with Gasteiger partial charge in [-0.25, -0.2) is 9.78 Å². The molecule has 1 aliphatic carbocycles. The average Bonchev–Trinajstić information content (AvgIpc) is 3.21. The largest absolute Gasteiger partial charge is 0.467 e. The predicted molar refractivity (Wildman–Crippen MR) is 77.9 cm³/mol. The van der Waals surface area contributed by atoms with Crippen molar-refractivity contribution in [2.75, 3.05) is 17.7 Å². The lowest BCUT2D eigenvalue weighted by atomic mass is 10.2. The summed E-state index contributed by atoms with van der Waals surface area (Å²) in [5.74, 6) is 0.980. The van der Waals surface area contributed by atoms with Crippen molar-refractivity contribution in [1.29, 1.82) is 0 Å². The summed E-state index contributed by atoms with van der Waals surface area (Å²) in [5.41, 5.74) is 6.84. The lowest BCUT2D eigenvalue weighted by molar-refractivity contribution is 0.0594. The molecule has 0 bridgehead atoms. The molecule has 1 fully saturated rings. The maximum absolute atomic E-state index is 11.6. The number of carbonyl (C=O) groups is 1. The van der Waals surface area contributed by atoms with E-state index in [1.807, 2.05) is 12.1 Å². The van der Waals surface area contributed by atoms with Crippen LogP contribution in [0.4, 0.5) is 11.5 Å². The van der Waals surface area contributed by atoms with E-state index in [-0.39, 0.29) is 5.69 Å². The lowest BCUT2D eigenvalue weighted by Gasteiger charge is -2.24. The minimum absolute atomic E-state index is 0.256. The maximum atomic E-state index is 11.6. The second kappa shape index (κ2) is 5.47. The van der Waals surface area contributed by atoms with E-state index >= 15 is 0 Å². The van der Waals surface area contributed by atoms with Crippen LogP contribution in [-0.2, 0) is 11.3 Å². The normalized spacial score (nSPS) is 14.0. The van der Waals surface area contributed by atoms with E-state index in [9.17, 15) is 4.79 Å². The zero-order valence-electron chi connectivity index (χ0n) is 11.8. The van der Waals surface area contributed by atoms with Crippen molar-refractivity contribution in [2.45, 2.75) is 25.4 Å². The first kappa shape index (κ1) is 13.5. The van der Waals surface area contributed by atoms with E-state index in [2.05, 4.69) is 9.88 Å². The van der Waals surface area contributed by atoms with Gasteiger partial charge in [0.25, 0.3) is 0 Å². The number of esters is 1. The van der Waals surface area contributed by atoms with E-state index in [1.54, 1.807) is 18.4 Å². The van der Waals surface area contributed by atoms with Crippen LogP contribution in [0.25, 0.3) is 0 Å². The molecular formula is C15H17N3O3. The number of hydrogen-bond acceptors (Lipinski definition) is 6. The fourth-order valence-corrected chi connectivity index (χ4v) is 2.24. The number of carbonyl (C=O) groups excluding carboxylic acids is 1. The van der Waals surface area contributed by atoms with Crippen LogP contribution < -0.4 is 10.6 Å². The number of pyridine rings is 1. The third kappa shape index (κ3) is 2.84. The maximum Gasteiger partial charge on any atom is 0.356 e. The summed E-state index contributed by atoms with van der Waals surface area (Å²) < 4.78 is 10.1. The van der Waals surface area contributed by atoms with E-state index < -0.39 is 5.97 Å². The molecular weight excluding hydrogens is 270 g/mol. The number of nitrogens with zero attached hydrogens (tertiary/aromatic N) is 2. The van der Waals surface area contributed by atoms with Crippen molar-refractivity contribution < 1.29 is 13.9 Å². The summed E-state index contributed by atoms with van der Waals surface area (Å²) in [6.45, 7) is 0.583. The topological polar surface area (TPSA) is 81.6 Å². The first-order chi connectivity index (χ1) is 10.2. The summed E-state index contributed by atoms with van der Waals surface area (Å²) in [5, 5.41) is 0. The third-order valence-electron chi connectivity index (χ3n) is 3.47. The Hall–Kier alpha value is -2.50. The van der Waals surface area contributed by atoms with Crippen LogP contribution in [0, 0.1) is 0 Å². The molecule has 0 saturated heterocycles. The minimum Gasteiger partial charge on any atom is -0.467 e. The van der Waals surface area contributed by atoms with E-state index in [4.69, 9.17) is 14.9 Å². The summed E-state index contributed by atoms with van der Waals surface area (Å²) in [6, 6.07) is 7.41. The molecule has 110 valence electrons. The summed E-state index contributed by atoms with van der Waals surface area (Å²) in [7, 11) is 1.33. The van der Waals surface area contributed by atoms with Gasteiger partial charge in [-0.2, -0.15) is 0 Å². The van der Waals surface area contributed by atoms with Crippen LogP contribution in [0.2, 0.25) is 0 Å². The highest BCUT2D eigenvalue weighted by atomic mass is 16.5. The van der Waals surface area contributed by atoms with E-state index in [0.717, 1.165) is 18.6 Å². The Kier molecular flexibility index (Phi) is 3.51. The zero-order valence-corrected chi connectivity index (χ0v) is 11.8. The second-order valence-electron chi connectivity index (χ2n) is 5.04. The van der Waals surface area contributed by atoms with E-state index in [1.165, 1.54) is 7.11 Å². The number of hydrogen-bond donors (Lipinski definition) is 1. The Morgan fingerprint density at radius 3 is 2.90 bits per heavy atom. The van der Waals surface area contributed by atoms with Crippen molar-refractivity contribution in [2.24, 2.45) is 0 Å². The van der Waals surface area contributed by atoms with Crippen molar-refractivity contribution >= 4 is 17.5 Å². The number of aromatic nitrogens is 1. The number of nitrogens with two attached hydrogens (primary N) is 1. The van der Waals surface area contributed by atoms with Gasteiger partial charge in [-0.15, -0.1) is 0 Å². The van der Waals surface area contributed by atoms with Gasteiger partial charge < -0.3 is 19.8 Å². The molecule has 1 aliphatic rings. The van der Waals surface area contributed by atoms with Crippen molar-refractivity contribution in [1.82, 2.24) is 4.98 Å². The molecule has 0 aliphatic heterocycles. The highest BCUT2D eigenvalue weighted by molar-refractivity contribution is 5.88. The number of nitrogen functional groups attached to an aromatic ring is 1. The molecule has 21 heavy (non-hydrogen) atoms. The summed E-state index contributed by atoms with van der Waals surface area (Å²) in [6.07, 6.45) is 3.82. The van der Waals surface area contributed by atoms with Crippen LogP contribution in [0.3, 0.4) is 0 Å². The lowest BCUT2D eigenvalue weighted by Crippen LogP contribution is -2.27. The Morgan fingerprint density at radius 2 is 2.29 bits per heavy atom. The van der Waals surface area contributed by atoms with Gasteiger partial charge in [0.2, 0.25) is 0 Å². The Labute approximate surface area is 122 Å². The van der Waals surface area contributed by atoms with Crippen LogP contribution in [0.5, 0.6) is 0 Å². The monoisotopic (exact) mass is 287 g/mol. The fourth-order valence-electron chi connectivity index (χ4n) is 2.24. The quantitative estimate of drug-likeness (QED) is 0.849. The van der Waals surface area contributed by atoms with Gasteiger partial charge >= 0.3 is 5.97 Å². The molecule has 0 amide bonds. The van der Waals surface area contributed by atoms with Crippen LogP contribution in [0.1, 0.15) is 29.1 Å². The molecule has 2 heterocycles. The van der Waals surface area contributed by atoms with Gasteiger partial charge in [0.15, 0.2) is 11.5 Å². The van der Waals surface area contributed by atoms with Gasteiger partial charge in [0, 0.05) is 6.04 Å². The van der Waals surface area contributed by atoms with E-state index in [0.29, 0.717) is 24.1 Å². The molecule has 6 heteroatoms. The van der Waals surface area contributed by atoms with Crippen LogP contribution >= 0.6 is 0 Å². The Morgan fingerprint density at radius 1 is 1.48 bits per heavy atom. The standard InChI is InChI=1S/C15H17N3O3/c1-20-15(19)13-7-6-12(16)14(17-13)18(10-4-5-10)9-11-3-2-8-21-11/h2-3,6-8,10H,4-5,9,16H2,1H3. The first-order valence-electron chi connectivity index (χ1n) is 6.83. The number of rotatable bonds is 5. The van der Waals surface area contributed by atoms with Crippen molar-refractivity contribution in [3.05, 3.63) is 42.0 Å². The Balaban J connectivity index is 1.93. The van der Waals surface area contributed by atoms with Gasteiger partial charge in [-0.3, -0.25) is 0 Å². The molecule has 0 spiro atoms. The number of furan rings is 1. The Bertz CT molecular complexity index is 636. The highest BCUT2D eigenvalue weighted by Gasteiger charge is 2.32. The molecule has 0 aromatic carbocycles. The van der Waals surface area contributed by atoms with Crippen molar-refractivity contribution in [3.8, 4) is 0 Å². The van der Waals surface area contributed by atoms with Crippen LogP contribution in [-0.4, -0.2) is 24.1 Å². The van der Waals surface area contributed by atoms with Crippen LogP contribution in [0.15, 0.2) is 34.9 Å². The summed E-state index contributed by atoms with van der Waals surface area (Å²) >= 11 is 0. The molecule has 0 radical (unpaired) electrons. The SMILES string of the molecule is COC(=O)c1ccc(N)c(N(Cc2ccco2)C2CC2)n1. The predicted octanol–water partition coefficient (Wildman–Crippen LogP) is 2.21. The average molecular weight is 287 g/mol.